The van der Waals surface area contributed by atoms with E-state index in [0.717, 1.165) is 12.8 Å². The first-order valence-corrected chi connectivity index (χ1v) is 6.68. The van der Waals surface area contributed by atoms with Crippen LogP contribution in [-0.2, 0) is 4.79 Å². The quantitative estimate of drug-likeness (QED) is 0.800. The predicted octanol–water partition coefficient (Wildman–Crippen LogP) is 0.905. The lowest BCUT2D eigenvalue weighted by molar-refractivity contribution is -0.120. The van der Waals surface area contributed by atoms with Crippen molar-refractivity contribution < 1.29 is 4.79 Å². The number of nitrogens with zero attached hydrogens (tertiary/aromatic N) is 2. The third kappa shape index (κ3) is 3.81. The second-order valence-electron chi connectivity index (χ2n) is 5.10. The van der Waals surface area contributed by atoms with Crippen LogP contribution in [0.1, 0.15) is 39.2 Å². The van der Waals surface area contributed by atoms with Gasteiger partial charge in [-0.1, -0.05) is 0 Å². The summed E-state index contributed by atoms with van der Waals surface area (Å²) in [5, 5.41) is 5.83. The van der Waals surface area contributed by atoms with Crippen molar-refractivity contribution in [3.63, 3.8) is 0 Å². The molecule has 6 nitrogen and oxygen atoms in total. The van der Waals surface area contributed by atoms with Crippen LogP contribution in [0.25, 0.3) is 0 Å². The Morgan fingerprint density at radius 2 is 2.26 bits per heavy atom. The van der Waals surface area contributed by atoms with E-state index in [9.17, 15) is 9.59 Å². The summed E-state index contributed by atoms with van der Waals surface area (Å²) in [5.74, 6) is 0.325. The topological polar surface area (TPSA) is 76.0 Å². The van der Waals surface area contributed by atoms with Gasteiger partial charge in [0.1, 0.15) is 0 Å². The van der Waals surface area contributed by atoms with Crippen molar-refractivity contribution in [2.45, 2.75) is 45.2 Å². The highest BCUT2D eigenvalue weighted by Gasteiger charge is 2.22. The Labute approximate surface area is 112 Å². The number of hydrogen-bond donors (Lipinski definition) is 2. The Bertz CT molecular complexity index is 506. The van der Waals surface area contributed by atoms with E-state index in [1.165, 1.54) is 0 Å². The SMILES string of the molecule is CC(C)n1ccnc(NCCC(=O)NC2CC2)c1=O. The van der Waals surface area contributed by atoms with Crippen LogP contribution in [0.5, 0.6) is 0 Å². The summed E-state index contributed by atoms with van der Waals surface area (Å²) in [6.07, 6.45) is 5.77. The fourth-order valence-corrected chi connectivity index (χ4v) is 1.77. The minimum Gasteiger partial charge on any atom is -0.365 e. The number of rotatable bonds is 6. The summed E-state index contributed by atoms with van der Waals surface area (Å²) < 4.78 is 1.61. The lowest BCUT2D eigenvalue weighted by atomic mass is 10.3. The number of amides is 1. The van der Waals surface area contributed by atoms with E-state index in [1.807, 2.05) is 13.8 Å². The fraction of sp³-hybridized carbons (Fsp3) is 0.615. The molecule has 0 aromatic carbocycles. The second kappa shape index (κ2) is 5.86. The molecule has 1 aromatic heterocycles. The number of hydrogen-bond acceptors (Lipinski definition) is 4. The van der Waals surface area contributed by atoms with Crippen LogP contribution in [0.2, 0.25) is 0 Å². The molecule has 1 aromatic rings. The van der Waals surface area contributed by atoms with Crippen molar-refractivity contribution in [3.05, 3.63) is 22.7 Å². The molecule has 6 heteroatoms. The monoisotopic (exact) mass is 264 g/mol. The van der Waals surface area contributed by atoms with Crippen molar-refractivity contribution >= 4 is 11.7 Å². The van der Waals surface area contributed by atoms with Crippen LogP contribution in [0.3, 0.4) is 0 Å². The molecular weight excluding hydrogens is 244 g/mol. The van der Waals surface area contributed by atoms with Gasteiger partial charge in [0.25, 0.3) is 5.56 Å². The highest BCUT2D eigenvalue weighted by atomic mass is 16.1. The molecule has 0 spiro atoms. The van der Waals surface area contributed by atoms with E-state index < -0.39 is 0 Å². The third-order valence-corrected chi connectivity index (χ3v) is 3.01. The Hall–Kier alpha value is -1.85. The van der Waals surface area contributed by atoms with Crippen LogP contribution in [0.15, 0.2) is 17.2 Å². The van der Waals surface area contributed by atoms with Gasteiger partial charge in [0, 0.05) is 37.4 Å². The molecule has 1 aliphatic carbocycles. The summed E-state index contributed by atoms with van der Waals surface area (Å²) in [5.41, 5.74) is -0.153. The average molecular weight is 264 g/mol. The Morgan fingerprint density at radius 3 is 2.89 bits per heavy atom. The van der Waals surface area contributed by atoms with Gasteiger partial charge in [-0.2, -0.15) is 0 Å². The molecule has 0 bridgehead atoms. The molecule has 0 aliphatic heterocycles. The Morgan fingerprint density at radius 1 is 1.53 bits per heavy atom. The smallest absolute Gasteiger partial charge is 0.293 e. The molecule has 0 unspecified atom stereocenters. The maximum Gasteiger partial charge on any atom is 0.293 e. The first-order valence-electron chi connectivity index (χ1n) is 6.68. The molecule has 104 valence electrons. The average Bonchev–Trinajstić information content (AvgIpc) is 3.14. The van der Waals surface area contributed by atoms with Gasteiger partial charge >= 0.3 is 0 Å². The maximum atomic E-state index is 12.0. The molecule has 1 amide bonds. The number of carbonyl (C=O) groups excluding carboxylic acids is 1. The Kier molecular flexibility index (Phi) is 4.19. The largest absolute Gasteiger partial charge is 0.365 e. The first kappa shape index (κ1) is 13.6. The van der Waals surface area contributed by atoms with E-state index in [2.05, 4.69) is 15.6 Å². The molecule has 19 heavy (non-hydrogen) atoms. The standard InChI is InChI=1S/C13H20N4O2/c1-9(2)17-8-7-15-12(13(17)19)14-6-5-11(18)16-10-3-4-10/h7-10H,3-6H2,1-2H3,(H,14,15)(H,16,18). The maximum absolute atomic E-state index is 12.0. The van der Waals surface area contributed by atoms with Gasteiger partial charge in [-0.05, 0) is 26.7 Å². The van der Waals surface area contributed by atoms with Gasteiger partial charge in [-0.15, -0.1) is 0 Å². The first-order chi connectivity index (χ1) is 9.08. The molecule has 1 heterocycles. The molecular formula is C13H20N4O2. The number of aromatic nitrogens is 2. The van der Waals surface area contributed by atoms with Gasteiger partial charge in [-0.3, -0.25) is 9.59 Å². The van der Waals surface area contributed by atoms with E-state index in [-0.39, 0.29) is 17.5 Å². The second-order valence-corrected chi connectivity index (χ2v) is 5.10. The molecule has 2 N–H and O–H groups in total. The lowest BCUT2D eigenvalue weighted by Gasteiger charge is -2.11. The molecule has 0 atom stereocenters. The summed E-state index contributed by atoms with van der Waals surface area (Å²) in [4.78, 5) is 27.5. The number of carbonyl (C=O) groups is 1. The number of nitrogens with one attached hydrogen (secondary N) is 2. The molecule has 1 aliphatic rings. The summed E-state index contributed by atoms with van der Waals surface area (Å²) in [7, 11) is 0. The van der Waals surface area contributed by atoms with Crippen LogP contribution in [-0.4, -0.2) is 28.0 Å². The van der Waals surface area contributed by atoms with Gasteiger partial charge in [0.05, 0.1) is 0 Å². The predicted molar refractivity (Wildman–Crippen MR) is 73.2 cm³/mol. The van der Waals surface area contributed by atoms with Crippen LogP contribution < -0.4 is 16.2 Å². The summed E-state index contributed by atoms with van der Waals surface area (Å²) in [6.45, 7) is 4.30. The van der Waals surface area contributed by atoms with Crippen LogP contribution in [0, 0.1) is 0 Å². The molecule has 1 saturated carbocycles. The zero-order chi connectivity index (χ0) is 13.8. The number of anilines is 1. The van der Waals surface area contributed by atoms with Crippen molar-refractivity contribution in [1.29, 1.82) is 0 Å². The third-order valence-electron chi connectivity index (χ3n) is 3.01. The van der Waals surface area contributed by atoms with Gasteiger partial charge in [0.15, 0.2) is 5.82 Å². The minimum atomic E-state index is -0.153. The van der Waals surface area contributed by atoms with Crippen molar-refractivity contribution in [2.75, 3.05) is 11.9 Å². The van der Waals surface area contributed by atoms with Gasteiger partial charge in [0.2, 0.25) is 5.91 Å². The van der Waals surface area contributed by atoms with Crippen molar-refractivity contribution in [2.24, 2.45) is 0 Å². The van der Waals surface area contributed by atoms with E-state index >= 15 is 0 Å². The fourth-order valence-electron chi connectivity index (χ4n) is 1.77. The van der Waals surface area contributed by atoms with Gasteiger partial charge < -0.3 is 15.2 Å². The minimum absolute atomic E-state index is 0.0233. The highest BCUT2D eigenvalue weighted by molar-refractivity contribution is 5.77. The van der Waals surface area contributed by atoms with Gasteiger partial charge in [-0.25, -0.2) is 4.98 Å². The summed E-state index contributed by atoms with van der Waals surface area (Å²) in [6, 6.07) is 0.467. The van der Waals surface area contributed by atoms with Crippen LogP contribution in [0.4, 0.5) is 5.82 Å². The highest BCUT2D eigenvalue weighted by Crippen LogP contribution is 2.18. The van der Waals surface area contributed by atoms with E-state index in [4.69, 9.17) is 0 Å². The normalized spacial score (nSPS) is 14.5. The Balaban J connectivity index is 1.86. The lowest BCUT2D eigenvalue weighted by Crippen LogP contribution is -2.29. The van der Waals surface area contributed by atoms with Crippen molar-refractivity contribution in [1.82, 2.24) is 14.9 Å². The zero-order valence-corrected chi connectivity index (χ0v) is 11.3. The zero-order valence-electron chi connectivity index (χ0n) is 11.3. The van der Waals surface area contributed by atoms with Crippen molar-refractivity contribution in [3.8, 4) is 0 Å². The molecule has 0 saturated heterocycles. The summed E-state index contributed by atoms with van der Waals surface area (Å²) >= 11 is 0. The molecule has 1 fully saturated rings. The molecule has 2 rings (SSSR count). The van der Waals surface area contributed by atoms with Crippen LogP contribution >= 0.6 is 0 Å². The molecule has 0 radical (unpaired) electrons. The van der Waals surface area contributed by atoms with E-state index in [0.29, 0.717) is 24.8 Å². The van der Waals surface area contributed by atoms with E-state index in [1.54, 1.807) is 17.0 Å².